The molecule has 2 heterocycles. The van der Waals surface area contributed by atoms with Crippen LogP contribution in [0.4, 0.5) is 5.82 Å². The number of hydrogen-bond donors (Lipinski definition) is 1. The molecule has 0 atom stereocenters. The first-order valence-corrected chi connectivity index (χ1v) is 9.37. The lowest BCUT2D eigenvalue weighted by atomic mass is 10.1. The van der Waals surface area contributed by atoms with Gasteiger partial charge >= 0.3 is 0 Å². The summed E-state index contributed by atoms with van der Waals surface area (Å²) in [6.07, 6.45) is 3.52. The van der Waals surface area contributed by atoms with Crippen LogP contribution >= 0.6 is 11.6 Å². The van der Waals surface area contributed by atoms with Crippen LogP contribution in [0.15, 0.2) is 61.1 Å². The van der Waals surface area contributed by atoms with Crippen LogP contribution in [0.1, 0.15) is 20.8 Å². The molecule has 142 valence electrons. The minimum absolute atomic E-state index is 0.167. The molecule has 0 unspecified atom stereocenters. The molecule has 0 bridgehead atoms. The molecular weight excluding hydrogens is 372 g/mol. The van der Waals surface area contributed by atoms with Gasteiger partial charge in [-0.1, -0.05) is 29.8 Å². The molecule has 0 aliphatic rings. The van der Waals surface area contributed by atoms with E-state index in [1.165, 1.54) is 6.33 Å². The van der Waals surface area contributed by atoms with Crippen molar-refractivity contribution in [2.45, 2.75) is 26.3 Å². The van der Waals surface area contributed by atoms with Crippen molar-refractivity contribution in [3.63, 3.8) is 0 Å². The van der Waals surface area contributed by atoms with E-state index in [1.54, 1.807) is 0 Å². The van der Waals surface area contributed by atoms with E-state index in [1.807, 2.05) is 54.7 Å². The quantitative estimate of drug-likeness (QED) is 0.472. The van der Waals surface area contributed by atoms with E-state index in [9.17, 15) is 0 Å². The molecule has 6 heteroatoms. The Morgan fingerprint density at radius 1 is 0.964 bits per heavy atom. The van der Waals surface area contributed by atoms with E-state index >= 15 is 0 Å². The van der Waals surface area contributed by atoms with Gasteiger partial charge < -0.3 is 15.0 Å². The van der Waals surface area contributed by atoms with Crippen molar-refractivity contribution in [1.29, 1.82) is 0 Å². The fourth-order valence-electron chi connectivity index (χ4n) is 3.20. The minimum Gasteiger partial charge on any atom is -0.457 e. The molecule has 0 saturated carbocycles. The van der Waals surface area contributed by atoms with Gasteiger partial charge in [-0.2, -0.15) is 0 Å². The highest BCUT2D eigenvalue weighted by molar-refractivity contribution is 6.34. The number of para-hydroxylation sites is 1. The highest BCUT2D eigenvalue weighted by atomic mass is 35.5. The first-order chi connectivity index (χ1) is 13.3. The van der Waals surface area contributed by atoms with Gasteiger partial charge in [0.1, 0.15) is 29.3 Å². The number of ether oxygens (including phenoxy) is 1. The van der Waals surface area contributed by atoms with E-state index in [-0.39, 0.29) is 5.54 Å². The van der Waals surface area contributed by atoms with Crippen molar-refractivity contribution in [1.82, 2.24) is 14.5 Å². The summed E-state index contributed by atoms with van der Waals surface area (Å²) in [7, 11) is 0. The van der Waals surface area contributed by atoms with Crippen molar-refractivity contribution in [3.8, 4) is 22.6 Å². The van der Waals surface area contributed by atoms with Crippen LogP contribution in [0, 0.1) is 0 Å². The number of hydrogen-bond acceptors (Lipinski definition) is 4. The average Bonchev–Trinajstić information content (AvgIpc) is 3.04. The molecule has 2 N–H and O–H groups in total. The summed E-state index contributed by atoms with van der Waals surface area (Å²) < 4.78 is 7.98. The van der Waals surface area contributed by atoms with Crippen LogP contribution < -0.4 is 10.5 Å². The predicted molar refractivity (Wildman–Crippen MR) is 114 cm³/mol. The van der Waals surface area contributed by atoms with E-state index < -0.39 is 0 Å². The molecule has 0 fully saturated rings. The molecule has 0 amide bonds. The van der Waals surface area contributed by atoms with Gasteiger partial charge in [-0.25, -0.2) is 9.97 Å². The van der Waals surface area contributed by atoms with Crippen LogP contribution in [0.25, 0.3) is 22.2 Å². The monoisotopic (exact) mass is 392 g/mol. The van der Waals surface area contributed by atoms with Crippen LogP contribution in [0.3, 0.4) is 0 Å². The number of benzene rings is 2. The summed E-state index contributed by atoms with van der Waals surface area (Å²) in [6.45, 7) is 6.35. The molecule has 2 aromatic heterocycles. The second kappa shape index (κ2) is 6.84. The van der Waals surface area contributed by atoms with Gasteiger partial charge in [0.25, 0.3) is 0 Å². The van der Waals surface area contributed by atoms with E-state index in [0.29, 0.717) is 16.6 Å². The molecule has 2 aromatic carbocycles. The Bertz CT molecular complexity index is 1150. The number of nitrogen functional groups attached to an aromatic ring is 1. The summed E-state index contributed by atoms with van der Waals surface area (Å²) in [6, 6.07) is 15.2. The first-order valence-electron chi connectivity index (χ1n) is 8.99. The van der Waals surface area contributed by atoms with Gasteiger partial charge in [-0.05, 0) is 45.0 Å². The fraction of sp³-hybridized carbons (Fsp3) is 0.182. The lowest BCUT2D eigenvalue weighted by molar-refractivity contribution is 0.408. The second-order valence-electron chi connectivity index (χ2n) is 7.60. The largest absolute Gasteiger partial charge is 0.457 e. The lowest BCUT2D eigenvalue weighted by Crippen LogP contribution is -2.21. The molecule has 5 nitrogen and oxygen atoms in total. The van der Waals surface area contributed by atoms with Gasteiger partial charge in [0.15, 0.2) is 0 Å². The third-order valence-electron chi connectivity index (χ3n) is 4.54. The molecular formula is C22H21ClN4O. The van der Waals surface area contributed by atoms with Gasteiger partial charge in [0.05, 0.1) is 10.4 Å². The number of anilines is 1. The zero-order valence-corrected chi connectivity index (χ0v) is 16.7. The Hall–Kier alpha value is -3.05. The van der Waals surface area contributed by atoms with Crippen molar-refractivity contribution >= 4 is 28.5 Å². The zero-order valence-electron chi connectivity index (χ0n) is 16.0. The molecule has 28 heavy (non-hydrogen) atoms. The summed E-state index contributed by atoms with van der Waals surface area (Å²) in [5.74, 6) is 1.86. The van der Waals surface area contributed by atoms with Crippen LogP contribution in [0.5, 0.6) is 11.5 Å². The van der Waals surface area contributed by atoms with Crippen molar-refractivity contribution < 1.29 is 4.74 Å². The molecule has 0 radical (unpaired) electrons. The highest BCUT2D eigenvalue weighted by Gasteiger charge is 2.23. The minimum atomic E-state index is -0.167. The number of rotatable bonds is 3. The maximum absolute atomic E-state index is 6.64. The second-order valence-corrected chi connectivity index (χ2v) is 8.01. The van der Waals surface area contributed by atoms with Gasteiger partial charge in [0.2, 0.25) is 0 Å². The topological polar surface area (TPSA) is 66.0 Å². The Morgan fingerprint density at radius 3 is 2.39 bits per heavy atom. The highest BCUT2D eigenvalue weighted by Crippen LogP contribution is 2.40. The average molecular weight is 393 g/mol. The SMILES string of the molecule is CC(C)(C)n1cc(-c2ccc(Oc3ccccc3)cc2Cl)c2c(N)ncnc21. The zero-order chi connectivity index (χ0) is 19.9. The number of nitrogens with two attached hydrogens (primary N) is 1. The summed E-state index contributed by atoms with van der Waals surface area (Å²) in [5, 5.41) is 1.38. The maximum Gasteiger partial charge on any atom is 0.146 e. The van der Waals surface area contributed by atoms with E-state index in [0.717, 1.165) is 27.9 Å². The van der Waals surface area contributed by atoms with E-state index in [2.05, 4.69) is 35.3 Å². The summed E-state index contributed by atoms with van der Waals surface area (Å²) >= 11 is 6.64. The summed E-state index contributed by atoms with van der Waals surface area (Å²) in [5.41, 5.74) is 8.58. The predicted octanol–water partition coefficient (Wildman–Crippen LogP) is 5.88. The van der Waals surface area contributed by atoms with Crippen molar-refractivity contribution in [3.05, 3.63) is 66.1 Å². The van der Waals surface area contributed by atoms with Gasteiger partial charge in [-0.15, -0.1) is 0 Å². The van der Waals surface area contributed by atoms with Crippen LogP contribution in [-0.4, -0.2) is 14.5 Å². The lowest BCUT2D eigenvalue weighted by Gasteiger charge is -2.21. The molecule has 4 rings (SSSR count). The third-order valence-corrected chi connectivity index (χ3v) is 4.86. The van der Waals surface area contributed by atoms with Crippen molar-refractivity contribution in [2.24, 2.45) is 0 Å². The normalized spacial score (nSPS) is 11.7. The Balaban J connectivity index is 1.82. The Labute approximate surface area is 168 Å². The molecule has 0 spiro atoms. The number of aromatic nitrogens is 3. The molecule has 0 aliphatic carbocycles. The van der Waals surface area contributed by atoms with Crippen LogP contribution in [0.2, 0.25) is 5.02 Å². The molecule has 0 aliphatic heterocycles. The van der Waals surface area contributed by atoms with Crippen molar-refractivity contribution in [2.75, 3.05) is 5.73 Å². The van der Waals surface area contributed by atoms with Gasteiger partial charge in [-0.3, -0.25) is 0 Å². The van der Waals surface area contributed by atoms with E-state index in [4.69, 9.17) is 22.1 Å². The first kappa shape index (κ1) is 18.3. The molecule has 4 aromatic rings. The number of halogens is 1. The number of fused-ring (bicyclic) bond motifs is 1. The summed E-state index contributed by atoms with van der Waals surface area (Å²) in [4.78, 5) is 8.64. The Kier molecular flexibility index (Phi) is 4.47. The third kappa shape index (κ3) is 3.29. The fourth-order valence-corrected chi connectivity index (χ4v) is 3.48. The Morgan fingerprint density at radius 2 is 1.71 bits per heavy atom. The smallest absolute Gasteiger partial charge is 0.146 e. The number of nitrogens with zero attached hydrogens (tertiary/aromatic N) is 3. The standard InChI is InChI=1S/C22H21ClN4O/c1-22(2,3)27-12-17(19-20(24)25-13-26-21(19)27)16-10-9-15(11-18(16)23)28-14-7-5-4-6-8-14/h4-13H,1-3H3,(H2,24,25,26). The molecule has 0 saturated heterocycles. The maximum atomic E-state index is 6.64. The van der Waals surface area contributed by atoms with Gasteiger partial charge in [0, 0.05) is 28.9 Å². The van der Waals surface area contributed by atoms with Crippen LogP contribution in [-0.2, 0) is 5.54 Å².